The van der Waals surface area contributed by atoms with Crippen LogP contribution in [0.15, 0.2) is 40.9 Å². The Morgan fingerprint density at radius 3 is 1.79 bits per heavy atom. The van der Waals surface area contributed by atoms with Crippen LogP contribution in [0, 0.1) is 5.41 Å². The summed E-state index contributed by atoms with van der Waals surface area (Å²) >= 11 is 0. The van der Waals surface area contributed by atoms with Crippen molar-refractivity contribution >= 4 is 17.4 Å². The maximum Gasteiger partial charge on any atom is 0.0886 e. The predicted octanol–water partition coefficient (Wildman–Crippen LogP) is 4.89. The van der Waals surface area contributed by atoms with E-state index in [-0.39, 0.29) is 0 Å². The summed E-state index contributed by atoms with van der Waals surface area (Å²) in [6.45, 7) is 21.3. The van der Waals surface area contributed by atoms with E-state index in [0.29, 0.717) is 5.71 Å². The molecule has 0 amide bonds. The molecule has 1 N–H and O–H groups in total. The Bertz CT molecular complexity index is 1060. The number of unbranched alkanes of at least 4 members (excludes halogenated alkanes) is 2. The molecule has 0 bridgehead atoms. The summed E-state index contributed by atoms with van der Waals surface area (Å²) in [5, 5.41) is 12.2. The molecular weight excluding hydrogens is 416 g/mol. The van der Waals surface area contributed by atoms with Gasteiger partial charge in [0.15, 0.2) is 0 Å². The standard InChI is InChI=1S/C30H46N4/c1-8-15-16-18-22-19-17-20-23-21-24-26(25(22)23)27(31)29(33(11-4)12-5)30(34(13-6)14-7)28(24)32(9-2)10-3/h17,19-21,31H,8-16,18H2,1-7H3. The number of aryl methyl sites for hydroxylation is 1. The Kier molecular flexibility index (Phi) is 9.04. The Morgan fingerprint density at radius 1 is 0.676 bits per heavy atom. The van der Waals surface area contributed by atoms with Gasteiger partial charge in [-0.1, -0.05) is 38.0 Å². The summed E-state index contributed by atoms with van der Waals surface area (Å²) in [4.78, 5) is 7.39. The minimum absolute atomic E-state index is 0.703. The number of hydrogen-bond acceptors (Lipinski definition) is 4. The van der Waals surface area contributed by atoms with Crippen molar-refractivity contribution in [1.29, 1.82) is 5.41 Å². The van der Waals surface area contributed by atoms with Crippen LogP contribution in [0.2, 0.25) is 0 Å². The minimum Gasteiger partial charge on any atom is -0.370 e. The van der Waals surface area contributed by atoms with Crippen LogP contribution in [0.5, 0.6) is 0 Å². The molecule has 0 saturated carbocycles. The molecule has 1 aromatic carbocycles. The quantitative estimate of drug-likeness (QED) is 0.424. The minimum atomic E-state index is 0.703. The SMILES string of the molecule is CCCCCc1cccc2c1=C1C(=N)C(N(CC)CC)=C(N(CC)CC)C(N(CC)CC)=C1C=2. The number of rotatable bonds is 13. The Hall–Kier alpha value is -2.49. The topological polar surface area (TPSA) is 33.6 Å². The number of allylic oxidation sites excluding steroid dienone is 2. The number of likely N-dealkylation sites (N-methyl/N-ethyl adjacent to an activating group) is 2. The van der Waals surface area contributed by atoms with Gasteiger partial charge in [0.1, 0.15) is 0 Å². The third-order valence-electron chi connectivity index (χ3n) is 7.48. The average Bonchev–Trinajstić information content (AvgIpc) is 3.25. The molecule has 0 atom stereocenters. The van der Waals surface area contributed by atoms with Crippen molar-refractivity contribution in [3.05, 3.63) is 56.9 Å². The smallest absolute Gasteiger partial charge is 0.0886 e. The van der Waals surface area contributed by atoms with Crippen LogP contribution in [0.4, 0.5) is 0 Å². The Balaban J connectivity index is 2.43. The zero-order valence-electron chi connectivity index (χ0n) is 22.7. The number of nitrogens with zero attached hydrogens (tertiary/aromatic N) is 3. The molecule has 0 unspecified atom stereocenters. The fourth-order valence-electron chi connectivity index (χ4n) is 5.65. The number of fused-ring (bicyclic) bond motifs is 2. The van der Waals surface area contributed by atoms with E-state index >= 15 is 0 Å². The highest BCUT2D eigenvalue weighted by Crippen LogP contribution is 2.39. The molecule has 2 aliphatic rings. The van der Waals surface area contributed by atoms with Gasteiger partial charge in [-0.3, -0.25) is 5.41 Å². The first-order valence-electron chi connectivity index (χ1n) is 13.7. The second-order valence-electron chi connectivity index (χ2n) is 9.21. The van der Waals surface area contributed by atoms with Crippen molar-refractivity contribution in [2.45, 2.75) is 74.1 Å². The van der Waals surface area contributed by atoms with E-state index in [1.165, 1.54) is 52.2 Å². The van der Waals surface area contributed by atoms with Crippen molar-refractivity contribution in [2.24, 2.45) is 0 Å². The molecule has 186 valence electrons. The summed E-state index contributed by atoms with van der Waals surface area (Å²) in [7, 11) is 0. The van der Waals surface area contributed by atoms with Gasteiger partial charge < -0.3 is 14.7 Å². The molecule has 0 saturated heterocycles. The fourth-order valence-corrected chi connectivity index (χ4v) is 5.65. The molecule has 2 aliphatic carbocycles. The van der Waals surface area contributed by atoms with E-state index in [0.717, 1.165) is 57.0 Å². The maximum atomic E-state index is 9.63. The van der Waals surface area contributed by atoms with Crippen molar-refractivity contribution in [2.75, 3.05) is 39.3 Å². The highest BCUT2D eigenvalue weighted by Gasteiger charge is 2.37. The van der Waals surface area contributed by atoms with Gasteiger partial charge in [0, 0.05) is 50.4 Å². The van der Waals surface area contributed by atoms with E-state index in [1.54, 1.807) is 0 Å². The van der Waals surface area contributed by atoms with E-state index in [4.69, 9.17) is 0 Å². The summed E-state index contributed by atoms with van der Waals surface area (Å²) in [5.74, 6) is 0. The summed E-state index contributed by atoms with van der Waals surface area (Å²) in [6.07, 6.45) is 7.15. The Labute approximate surface area is 207 Å². The molecule has 1 aromatic rings. The molecule has 4 heteroatoms. The van der Waals surface area contributed by atoms with Gasteiger partial charge in [-0.25, -0.2) is 0 Å². The van der Waals surface area contributed by atoms with Crippen molar-refractivity contribution in [3.63, 3.8) is 0 Å². The van der Waals surface area contributed by atoms with E-state index in [9.17, 15) is 5.41 Å². The molecule has 0 fully saturated rings. The van der Waals surface area contributed by atoms with Gasteiger partial charge in [0.05, 0.1) is 22.8 Å². The summed E-state index contributed by atoms with van der Waals surface area (Å²) in [6, 6.07) is 6.75. The van der Waals surface area contributed by atoms with Crippen LogP contribution < -0.4 is 10.4 Å². The molecule has 0 aromatic heterocycles. The molecule has 0 spiro atoms. The number of nitrogens with one attached hydrogen (secondary N) is 1. The largest absolute Gasteiger partial charge is 0.370 e. The van der Waals surface area contributed by atoms with Crippen LogP contribution in [0.25, 0.3) is 11.6 Å². The highest BCUT2D eigenvalue weighted by atomic mass is 15.2. The average molecular weight is 463 g/mol. The zero-order chi connectivity index (χ0) is 24.8. The number of hydrogen-bond donors (Lipinski definition) is 1. The van der Waals surface area contributed by atoms with Crippen LogP contribution in [0.1, 0.15) is 73.3 Å². The Morgan fingerprint density at radius 2 is 1.24 bits per heavy atom. The first kappa shape index (κ1) is 26.1. The van der Waals surface area contributed by atoms with E-state index in [2.05, 4.69) is 87.4 Å². The summed E-state index contributed by atoms with van der Waals surface area (Å²) < 4.78 is 0. The molecule has 3 rings (SSSR count). The lowest BCUT2D eigenvalue weighted by Gasteiger charge is -2.41. The van der Waals surface area contributed by atoms with Crippen LogP contribution in [0.3, 0.4) is 0 Å². The second-order valence-corrected chi connectivity index (χ2v) is 9.21. The van der Waals surface area contributed by atoms with Gasteiger partial charge in [-0.15, -0.1) is 0 Å². The zero-order valence-corrected chi connectivity index (χ0v) is 22.7. The molecule has 0 heterocycles. The van der Waals surface area contributed by atoms with Gasteiger partial charge in [0.2, 0.25) is 0 Å². The first-order chi connectivity index (χ1) is 16.5. The van der Waals surface area contributed by atoms with Gasteiger partial charge >= 0.3 is 0 Å². The molecule has 0 aliphatic heterocycles. The second kappa shape index (κ2) is 11.8. The van der Waals surface area contributed by atoms with Crippen LogP contribution >= 0.6 is 0 Å². The lowest BCUT2D eigenvalue weighted by molar-refractivity contribution is 0.303. The maximum absolute atomic E-state index is 9.63. The predicted molar refractivity (Wildman–Crippen MR) is 147 cm³/mol. The highest BCUT2D eigenvalue weighted by molar-refractivity contribution is 6.34. The lowest BCUT2D eigenvalue weighted by atomic mass is 9.87. The molecule has 0 radical (unpaired) electrons. The lowest BCUT2D eigenvalue weighted by Crippen LogP contribution is -2.42. The third kappa shape index (κ3) is 4.56. The third-order valence-corrected chi connectivity index (χ3v) is 7.48. The normalized spacial score (nSPS) is 14.9. The first-order valence-corrected chi connectivity index (χ1v) is 13.7. The van der Waals surface area contributed by atoms with E-state index < -0.39 is 0 Å². The van der Waals surface area contributed by atoms with Crippen molar-refractivity contribution in [3.8, 4) is 0 Å². The molecule has 4 nitrogen and oxygen atoms in total. The van der Waals surface area contributed by atoms with Crippen molar-refractivity contribution < 1.29 is 0 Å². The van der Waals surface area contributed by atoms with E-state index in [1.807, 2.05) is 0 Å². The number of benzene rings is 1. The molecular formula is C30H46N4. The fraction of sp³-hybridized carbons (Fsp3) is 0.567. The van der Waals surface area contributed by atoms with Crippen molar-refractivity contribution in [1.82, 2.24) is 14.7 Å². The summed E-state index contributed by atoms with van der Waals surface area (Å²) in [5.41, 5.74) is 8.19. The molecule has 34 heavy (non-hydrogen) atoms. The van der Waals surface area contributed by atoms with Gasteiger partial charge in [-0.05, 0) is 76.5 Å². The van der Waals surface area contributed by atoms with Gasteiger partial charge in [-0.2, -0.15) is 0 Å². The van der Waals surface area contributed by atoms with Crippen LogP contribution in [-0.2, 0) is 6.42 Å². The van der Waals surface area contributed by atoms with Crippen LogP contribution in [-0.4, -0.2) is 59.7 Å². The van der Waals surface area contributed by atoms with Gasteiger partial charge in [0.25, 0.3) is 0 Å². The monoisotopic (exact) mass is 462 g/mol.